The highest BCUT2D eigenvalue weighted by Gasteiger charge is 2.44. The van der Waals surface area contributed by atoms with Gasteiger partial charge in [0.15, 0.2) is 6.29 Å². The predicted octanol–water partition coefficient (Wildman–Crippen LogP) is 17.9. The second kappa shape index (κ2) is 59.3. The molecule has 1 aliphatic heterocycles. The summed E-state index contributed by atoms with van der Waals surface area (Å²) in [5.74, 6) is -0.189. The van der Waals surface area contributed by atoms with Gasteiger partial charge in [0.2, 0.25) is 5.91 Å². The summed E-state index contributed by atoms with van der Waals surface area (Å²) in [5.41, 5.74) is 0. The number of unbranched alkanes of at least 4 members (excludes halogenated alkanes) is 33. The van der Waals surface area contributed by atoms with E-state index in [1.165, 1.54) is 186 Å². The number of ether oxygens (including phenoxy) is 2. The third-order valence-electron chi connectivity index (χ3n) is 15.4. The van der Waals surface area contributed by atoms with Crippen LogP contribution < -0.4 is 5.32 Å². The Kier molecular flexibility index (Phi) is 55.7. The number of aliphatic hydroxyl groups excluding tert-OH is 5. The monoisotopic (exact) mass is 1120 g/mol. The lowest BCUT2D eigenvalue weighted by atomic mass is 9.99. The van der Waals surface area contributed by atoms with Gasteiger partial charge in [-0.1, -0.05) is 291 Å². The molecule has 0 aliphatic carbocycles. The zero-order valence-electron chi connectivity index (χ0n) is 51.6. The second-order valence-electron chi connectivity index (χ2n) is 22.9. The number of hydrogen-bond acceptors (Lipinski definition) is 8. The van der Waals surface area contributed by atoms with Crippen LogP contribution in [0.1, 0.15) is 290 Å². The first-order valence-corrected chi connectivity index (χ1v) is 33.5. The number of aliphatic hydroxyl groups is 5. The van der Waals surface area contributed by atoms with Crippen molar-refractivity contribution in [3.63, 3.8) is 0 Å². The van der Waals surface area contributed by atoms with E-state index in [9.17, 15) is 30.3 Å². The molecule has 9 heteroatoms. The van der Waals surface area contributed by atoms with Gasteiger partial charge in [-0.15, -0.1) is 0 Å². The Hall–Kier alpha value is -2.89. The van der Waals surface area contributed by atoms with Crippen LogP contribution in [0.3, 0.4) is 0 Å². The average Bonchev–Trinajstić information content (AvgIpc) is 3.46. The third-order valence-corrected chi connectivity index (χ3v) is 15.4. The fraction of sp³-hybridized carbons (Fsp3) is 0.761. The SMILES string of the molecule is CC/C=C\C/C=C\C/C=C\C/C=C\C/C=C\CCCCCCCCCCCCCCCCCCCCCCCCCCCC(=O)NC(COC1OC(CO)C(O)C(O)C1O)C(O)/C=C/CC/C=C/CC/C=C/CCCCCCCC. The van der Waals surface area contributed by atoms with E-state index >= 15 is 0 Å². The largest absolute Gasteiger partial charge is 0.394 e. The highest BCUT2D eigenvalue weighted by Crippen LogP contribution is 2.23. The number of carbonyl (C=O) groups is 1. The highest BCUT2D eigenvalue weighted by atomic mass is 16.7. The molecular formula is C71H125NO8. The van der Waals surface area contributed by atoms with E-state index in [0.29, 0.717) is 6.42 Å². The molecule has 1 aliphatic rings. The Morgan fingerprint density at radius 2 is 0.787 bits per heavy atom. The number of rotatable bonds is 57. The molecule has 7 unspecified atom stereocenters. The number of carbonyl (C=O) groups excluding carboxylic acids is 1. The van der Waals surface area contributed by atoms with Gasteiger partial charge < -0.3 is 40.3 Å². The van der Waals surface area contributed by atoms with Crippen LogP contribution >= 0.6 is 0 Å². The Labute approximate surface area is 492 Å². The molecule has 1 heterocycles. The topological polar surface area (TPSA) is 149 Å². The lowest BCUT2D eigenvalue weighted by Gasteiger charge is -2.40. The van der Waals surface area contributed by atoms with Crippen molar-refractivity contribution in [2.75, 3.05) is 13.2 Å². The Morgan fingerprint density at radius 1 is 0.438 bits per heavy atom. The van der Waals surface area contributed by atoms with E-state index in [1.54, 1.807) is 6.08 Å². The first-order valence-electron chi connectivity index (χ1n) is 33.5. The van der Waals surface area contributed by atoms with Crippen molar-refractivity contribution in [1.29, 1.82) is 0 Å². The van der Waals surface area contributed by atoms with Crippen LogP contribution in [-0.4, -0.2) is 87.5 Å². The van der Waals surface area contributed by atoms with E-state index in [2.05, 4.69) is 104 Å². The van der Waals surface area contributed by atoms with Gasteiger partial charge in [0.25, 0.3) is 0 Å². The summed E-state index contributed by atoms with van der Waals surface area (Å²) in [6.45, 7) is 3.64. The van der Waals surface area contributed by atoms with Crippen LogP contribution in [0, 0.1) is 0 Å². The standard InChI is InChI=1S/C71H125NO8/c1-3-5-7-9-11-13-15-17-19-21-22-23-24-25-26-27-28-29-30-31-32-33-34-35-36-37-38-39-40-41-42-43-44-45-47-49-51-53-55-57-59-61-67(75)72-64(63-79-71-70(78)69(77)68(76)66(62-73)80-71)65(74)60-58-56-54-52-50-48-46-20-18-16-14-12-10-8-6-4-2/h5,7,11,13,17-20,22-23,25-26,50,52,58,60,64-66,68-71,73-74,76-78H,3-4,6,8-10,12,14-16,21,24,27-49,51,53-57,59,61-63H2,1-2H3,(H,72,75)/b7-5-,13-11-,19-17-,20-18+,23-22-,26-25-,52-50+,60-58+. The summed E-state index contributed by atoms with van der Waals surface area (Å²) in [6.07, 6.45) is 79.5. The first kappa shape index (κ1) is 75.1. The molecule has 80 heavy (non-hydrogen) atoms. The predicted molar refractivity (Wildman–Crippen MR) is 341 cm³/mol. The molecule has 0 bridgehead atoms. The minimum Gasteiger partial charge on any atom is -0.394 e. The molecular weight excluding hydrogens is 995 g/mol. The van der Waals surface area contributed by atoms with Crippen molar-refractivity contribution in [2.45, 2.75) is 333 Å². The third kappa shape index (κ3) is 47.6. The summed E-state index contributed by atoms with van der Waals surface area (Å²) < 4.78 is 11.3. The summed E-state index contributed by atoms with van der Waals surface area (Å²) in [5, 5.41) is 54.5. The Balaban J connectivity index is 2.06. The van der Waals surface area contributed by atoms with Crippen LogP contribution in [0.5, 0.6) is 0 Å². The van der Waals surface area contributed by atoms with E-state index in [4.69, 9.17) is 9.47 Å². The molecule has 462 valence electrons. The van der Waals surface area contributed by atoms with Gasteiger partial charge in [-0.2, -0.15) is 0 Å². The Bertz CT molecular complexity index is 1580. The quantitative estimate of drug-likeness (QED) is 0.0261. The van der Waals surface area contributed by atoms with Crippen LogP contribution in [0.4, 0.5) is 0 Å². The summed E-state index contributed by atoms with van der Waals surface area (Å²) in [4.78, 5) is 13.1. The molecule has 0 aromatic rings. The van der Waals surface area contributed by atoms with Gasteiger partial charge >= 0.3 is 0 Å². The minimum absolute atomic E-state index is 0.189. The molecule has 1 amide bonds. The molecule has 1 fully saturated rings. The maximum atomic E-state index is 13.1. The zero-order chi connectivity index (χ0) is 57.9. The maximum Gasteiger partial charge on any atom is 0.220 e. The van der Waals surface area contributed by atoms with E-state index in [-0.39, 0.29) is 12.5 Å². The van der Waals surface area contributed by atoms with E-state index in [1.807, 2.05) is 6.08 Å². The van der Waals surface area contributed by atoms with Crippen molar-refractivity contribution in [1.82, 2.24) is 5.32 Å². The van der Waals surface area contributed by atoms with Crippen molar-refractivity contribution >= 4 is 5.91 Å². The molecule has 0 spiro atoms. The van der Waals surface area contributed by atoms with Crippen LogP contribution in [0.2, 0.25) is 0 Å². The summed E-state index contributed by atoms with van der Waals surface area (Å²) >= 11 is 0. The molecule has 6 N–H and O–H groups in total. The van der Waals surface area contributed by atoms with Crippen molar-refractivity contribution < 1.29 is 39.8 Å². The summed E-state index contributed by atoms with van der Waals surface area (Å²) in [7, 11) is 0. The molecule has 9 nitrogen and oxygen atoms in total. The molecule has 0 aromatic heterocycles. The summed E-state index contributed by atoms with van der Waals surface area (Å²) in [6, 6.07) is -0.830. The van der Waals surface area contributed by atoms with Gasteiger partial charge in [-0.25, -0.2) is 0 Å². The molecule has 0 aromatic carbocycles. The number of amides is 1. The smallest absolute Gasteiger partial charge is 0.220 e. The lowest BCUT2D eigenvalue weighted by Crippen LogP contribution is -2.60. The number of allylic oxidation sites excluding steroid dienone is 15. The zero-order valence-corrected chi connectivity index (χ0v) is 51.6. The fourth-order valence-electron chi connectivity index (χ4n) is 10.2. The van der Waals surface area contributed by atoms with E-state index < -0.39 is 49.5 Å². The average molecular weight is 1120 g/mol. The van der Waals surface area contributed by atoms with Crippen molar-refractivity contribution in [2.24, 2.45) is 0 Å². The van der Waals surface area contributed by atoms with Gasteiger partial charge in [0, 0.05) is 6.42 Å². The second-order valence-corrected chi connectivity index (χ2v) is 22.9. The van der Waals surface area contributed by atoms with Gasteiger partial charge in [-0.3, -0.25) is 4.79 Å². The number of nitrogens with one attached hydrogen (secondary N) is 1. The highest BCUT2D eigenvalue weighted by molar-refractivity contribution is 5.76. The van der Waals surface area contributed by atoms with Gasteiger partial charge in [-0.05, 0) is 89.9 Å². The number of hydrogen-bond donors (Lipinski definition) is 6. The molecule has 7 atom stereocenters. The molecule has 1 saturated heterocycles. The molecule has 0 radical (unpaired) electrons. The lowest BCUT2D eigenvalue weighted by molar-refractivity contribution is -0.302. The Morgan fingerprint density at radius 3 is 1.20 bits per heavy atom. The van der Waals surface area contributed by atoms with Gasteiger partial charge in [0.1, 0.15) is 24.4 Å². The van der Waals surface area contributed by atoms with Crippen molar-refractivity contribution in [3.8, 4) is 0 Å². The fourth-order valence-corrected chi connectivity index (χ4v) is 10.2. The molecule has 0 saturated carbocycles. The minimum atomic E-state index is -1.58. The van der Waals surface area contributed by atoms with Crippen LogP contribution in [0.25, 0.3) is 0 Å². The van der Waals surface area contributed by atoms with E-state index in [0.717, 1.165) is 83.5 Å². The normalized spacial score (nSPS) is 19.1. The molecule has 1 rings (SSSR count). The van der Waals surface area contributed by atoms with Crippen LogP contribution in [0.15, 0.2) is 97.2 Å². The maximum absolute atomic E-state index is 13.1. The first-order chi connectivity index (χ1) is 39.3. The van der Waals surface area contributed by atoms with Crippen LogP contribution in [-0.2, 0) is 14.3 Å². The van der Waals surface area contributed by atoms with Gasteiger partial charge in [0.05, 0.1) is 25.4 Å². The van der Waals surface area contributed by atoms with Crippen molar-refractivity contribution in [3.05, 3.63) is 97.2 Å².